The zero-order chi connectivity index (χ0) is 13.8. The quantitative estimate of drug-likeness (QED) is 0.901. The topological polar surface area (TPSA) is 18.5 Å². The predicted octanol–water partition coefficient (Wildman–Crippen LogP) is 2.25. The third-order valence-electron chi connectivity index (χ3n) is 3.81. The van der Waals surface area contributed by atoms with Gasteiger partial charge in [-0.2, -0.15) is 0 Å². The molecule has 1 N–H and O–H groups in total. The average Bonchev–Trinajstić information content (AvgIpc) is 2.40. The van der Waals surface area contributed by atoms with Gasteiger partial charge in [-0.15, -0.1) is 0 Å². The van der Waals surface area contributed by atoms with Crippen LogP contribution >= 0.6 is 0 Å². The summed E-state index contributed by atoms with van der Waals surface area (Å²) in [4.78, 5) is 4.46. The number of likely N-dealkylation sites (N-methyl/N-ethyl adjacent to an activating group) is 1. The van der Waals surface area contributed by atoms with Gasteiger partial charge in [0, 0.05) is 32.2 Å². The summed E-state index contributed by atoms with van der Waals surface area (Å²) in [6, 6.07) is 5.58. The highest BCUT2D eigenvalue weighted by Crippen LogP contribution is 2.30. The number of benzene rings is 1. The van der Waals surface area contributed by atoms with Crippen molar-refractivity contribution >= 4 is 5.69 Å². The molecule has 3 nitrogen and oxygen atoms in total. The van der Waals surface area contributed by atoms with E-state index in [2.05, 4.69) is 36.0 Å². The lowest BCUT2D eigenvalue weighted by Crippen LogP contribution is -2.45. The summed E-state index contributed by atoms with van der Waals surface area (Å²) in [5.41, 5.74) is 1.84. The van der Waals surface area contributed by atoms with Crippen LogP contribution in [-0.2, 0) is 0 Å². The molecule has 0 spiro atoms. The smallest absolute Gasteiger partial charge is 0.146 e. The molecule has 1 aromatic rings. The van der Waals surface area contributed by atoms with Gasteiger partial charge in [-0.25, -0.2) is 4.39 Å². The fourth-order valence-electron chi connectivity index (χ4n) is 2.66. The molecule has 1 aromatic carbocycles. The summed E-state index contributed by atoms with van der Waals surface area (Å²) in [7, 11) is 2.11. The van der Waals surface area contributed by atoms with Gasteiger partial charge < -0.3 is 15.1 Å². The number of hydrogen-bond acceptors (Lipinski definition) is 3. The SMILES string of the molecule is CCNC(C)c1cccc(F)c1N1CCN(C)CC1. The van der Waals surface area contributed by atoms with Crippen LogP contribution in [0.2, 0.25) is 0 Å². The number of rotatable bonds is 4. The Morgan fingerprint density at radius 3 is 2.58 bits per heavy atom. The van der Waals surface area contributed by atoms with Crippen LogP contribution in [0.25, 0.3) is 0 Å². The van der Waals surface area contributed by atoms with E-state index >= 15 is 0 Å². The van der Waals surface area contributed by atoms with E-state index in [9.17, 15) is 4.39 Å². The second kappa shape index (κ2) is 6.35. The first-order valence-electron chi connectivity index (χ1n) is 7.08. The minimum Gasteiger partial charge on any atom is -0.366 e. The van der Waals surface area contributed by atoms with Crippen LogP contribution in [-0.4, -0.2) is 44.7 Å². The lowest BCUT2D eigenvalue weighted by atomic mass is 10.0. The van der Waals surface area contributed by atoms with Gasteiger partial charge in [0.05, 0.1) is 5.69 Å². The molecule has 0 aromatic heterocycles. The standard InChI is InChI=1S/C15H24FN3/c1-4-17-12(2)13-6-5-7-14(16)15(13)19-10-8-18(3)9-11-19/h5-7,12,17H,4,8-11H2,1-3H3. The van der Waals surface area contributed by atoms with E-state index in [1.165, 1.54) is 0 Å². The summed E-state index contributed by atoms with van der Waals surface area (Å²) in [6.45, 7) is 8.82. The molecule has 0 aliphatic carbocycles. The van der Waals surface area contributed by atoms with E-state index in [0.717, 1.165) is 44.0 Å². The summed E-state index contributed by atoms with van der Waals surface area (Å²) in [6.07, 6.45) is 0. The number of nitrogens with zero attached hydrogens (tertiary/aromatic N) is 2. The van der Waals surface area contributed by atoms with E-state index in [1.54, 1.807) is 12.1 Å². The second-order valence-corrected chi connectivity index (χ2v) is 5.25. The Hall–Kier alpha value is -1.13. The first-order chi connectivity index (χ1) is 9.13. The molecule has 0 radical (unpaired) electrons. The molecule has 106 valence electrons. The molecule has 0 amide bonds. The number of hydrogen-bond donors (Lipinski definition) is 1. The number of nitrogens with one attached hydrogen (secondary N) is 1. The van der Waals surface area contributed by atoms with Gasteiger partial charge in [0.15, 0.2) is 0 Å². The first kappa shape index (κ1) is 14.3. The maximum absolute atomic E-state index is 14.2. The Labute approximate surface area is 115 Å². The summed E-state index contributed by atoms with van der Waals surface area (Å²) < 4.78 is 14.2. The monoisotopic (exact) mass is 265 g/mol. The Balaban J connectivity index is 2.27. The normalized spacial score (nSPS) is 18.6. The number of halogens is 1. The highest BCUT2D eigenvalue weighted by molar-refractivity contribution is 5.56. The highest BCUT2D eigenvalue weighted by Gasteiger charge is 2.22. The maximum Gasteiger partial charge on any atom is 0.146 e. The van der Waals surface area contributed by atoms with Crippen molar-refractivity contribution in [1.29, 1.82) is 0 Å². The molecular weight excluding hydrogens is 241 g/mol. The Morgan fingerprint density at radius 2 is 1.95 bits per heavy atom. The Bertz CT molecular complexity index is 414. The maximum atomic E-state index is 14.2. The van der Waals surface area contributed by atoms with Crippen LogP contribution in [0.3, 0.4) is 0 Å². The average molecular weight is 265 g/mol. The van der Waals surface area contributed by atoms with Gasteiger partial charge in [-0.3, -0.25) is 0 Å². The molecule has 0 bridgehead atoms. The molecule has 1 atom stereocenters. The van der Waals surface area contributed by atoms with Gasteiger partial charge >= 0.3 is 0 Å². The van der Waals surface area contributed by atoms with Gasteiger partial charge in [0.1, 0.15) is 5.82 Å². The number of anilines is 1. The van der Waals surface area contributed by atoms with Crippen molar-refractivity contribution in [1.82, 2.24) is 10.2 Å². The number of para-hydroxylation sites is 1. The summed E-state index contributed by atoms with van der Waals surface area (Å²) >= 11 is 0. The molecular formula is C15H24FN3. The fraction of sp³-hybridized carbons (Fsp3) is 0.600. The van der Waals surface area contributed by atoms with E-state index in [-0.39, 0.29) is 11.9 Å². The highest BCUT2D eigenvalue weighted by atomic mass is 19.1. The molecule has 4 heteroatoms. The van der Waals surface area contributed by atoms with Gasteiger partial charge in [-0.05, 0) is 32.1 Å². The lowest BCUT2D eigenvalue weighted by molar-refractivity contribution is 0.311. The van der Waals surface area contributed by atoms with Crippen LogP contribution in [0.15, 0.2) is 18.2 Å². The third-order valence-corrected chi connectivity index (χ3v) is 3.81. The minimum absolute atomic E-state index is 0.105. The van der Waals surface area contributed by atoms with Crippen molar-refractivity contribution in [3.8, 4) is 0 Å². The van der Waals surface area contributed by atoms with E-state index in [1.807, 2.05) is 6.07 Å². The molecule has 1 unspecified atom stereocenters. The molecule has 2 rings (SSSR count). The van der Waals surface area contributed by atoms with Crippen LogP contribution in [0.5, 0.6) is 0 Å². The lowest BCUT2D eigenvalue weighted by Gasteiger charge is -2.36. The molecule has 19 heavy (non-hydrogen) atoms. The zero-order valence-corrected chi connectivity index (χ0v) is 12.1. The van der Waals surface area contributed by atoms with Crippen LogP contribution in [0.4, 0.5) is 10.1 Å². The van der Waals surface area contributed by atoms with Crippen molar-refractivity contribution in [3.63, 3.8) is 0 Å². The van der Waals surface area contributed by atoms with Crippen molar-refractivity contribution in [2.75, 3.05) is 44.7 Å². The summed E-state index contributed by atoms with van der Waals surface area (Å²) in [5.74, 6) is -0.105. The third kappa shape index (κ3) is 3.25. The van der Waals surface area contributed by atoms with E-state index in [4.69, 9.17) is 0 Å². The van der Waals surface area contributed by atoms with E-state index in [0.29, 0.717) is 0 Å². The van der Waals surface area contributed by atoms with Crippen molar-refractivity contribution in [2.45, 2.75) is 19.9 Å². The molecule has 1 aliphatic rings. The van der Waals surface area contributed by atoms with Gasteiger partial charge in [-0.1, -0.05) is 19.1 Å². The van der Waals surface area contributed by atoms with E-state index < -0.39 is 0 Å². The largest absolute Gasteiger partial charge is 0.366 e. The van der Waals surface area contributed by atoms with Crippen molar-refractivity contribution < 1.29 is 4.39 Å². The first-order valence-corrected chi connectivity index (χ1v) is 7.08. The van der Waals surface area contributed by atoms with Crippen LogP contribution in [0.1, 0.15) is 25.5 Å². The Morgan fingerprint density at radius 1 is 1.26 bits per heavy atom. The predicted molar refractivity (Wildman–Crippen MR) is 78.2 cm³/mol. The van der Waals surface area contributed by atoms with Gasteiger partial charge in [0.2, 0.25) is 0 Å². The van der Waals surface area contributed by atoms with Crippen molar-refractivity contribution in [3.05, 3.63) is 29.6 Å². The zero-order valence-electron chi connectivity index (χ0n) is 12.1. The number of piperazine rings is 1. The van der Waals surface area contributed by atoms with Crippen molar-refractivity contribution in [2.24, 2.45) is 0 Å². The van der Waals surface area contributed by atoms with Crippen LogP contribution < -0.4 is 10.2 Å². The van der Waals surface area contributed by atoms with Gasteiger partial charge in [0.25, 0.3) is 0 Å². The fourth-order valence-corrected chi connectivity index (χ4v) is 2.66. The second-order valence-electron chi connectivity index (χ2n) is 5.25. The van der Waals surface area contributed by atoms with Crippen LogP contribution in [0, 0.1) is 5.82 Å². The molecule has 1 heterocycles. The molecule has 1 fully saturated rings. The minimum atomic E-state index is -0.105. The Kier molecular flexibility index (Phi) is 4.77. The molecule has 1 aliphatic heterocycles. The summed E-state index contributed by atoms with van der Waals surface area (Å²) in [5, 5.41) is 3.37. The molecule has 1 saturated heterocycles. The molecule has 0 saturated carbocycles.